The first kappa shape index (κ1) is 21.8. The topological polar surface area (TPSA) is 78.0 Å². The van der Waals surface area contributed by atoms with Gasteiger partial charge in [-0.3, -0.25) is 19.5 Å². The highest BCUT2D eigenvalue weighted by atomic mass is 16.6. The lowest BCUT2D eigenvalue weighted by Crippen LogP contribution is -2.53. The molecule has 3 aromatic rings. The summed E-state index contributed by atoms with van der Waals surface area (Å²) in [5.41, 5.74) is 3.22. The number of benzene rings is 2. The first-order valence-corrected chi connectivity index (χ1v) is 11.9. The molecular weight excluding hydrogens is 444 g/mol. The molecule has 0 saturated carbocycles. The molecule has 178 valence electrons. The van der Waals surface area contributed by atoms with Crippen molar-refractivity contribution in [3.63, 3.8) is 0 Å². The Balaban J connectivity index is 1.26. The molecule has 1 unspecified atom stereocenters. The van der Waals surface area contributed by atoms with Crippen molar-refractivity contribution in [2.75, 3.05) is 19.8 Å². The minimum atomic E-state index is -0.518. The Morgan fingerprint density at radius 2 is 1.74 bits per heavy atom. The van der Waals surface area contributed by atoms with Gasteiger partial charge in [-0.15, -0.1) is 0 Å². The second-order valence-corrected chi connectivity index (χ2v) is 9.77. The van der Waals surface area contributed by atoms with E-state index in [2.05, 4.69) is 18.8 Å². The molecule has 35 heavy (non-hydrogen) atoms. The number of pyridine rings is 1. The van der Waals surface area contributed by atoms with Crippen LogP contribution in [0.5, 0.6) is 11.5 Å². The van der Waals surface area contributed by atoms with Crippen LogP contribution in [0.2, 0.25) is 0 Å². The van der Waals surface area contributed by atoms with Crippen molar-refractivity contribution in [1.29, 1.82) is 0 Å². The van der Waals surface area contributed by atoms with Crippen LogP contribution in [0, 0.1) is 5.92 Å². The molecule has 1 aromatic heterocycles. The fourth-order valence-electron chi connectivity index (χ4n) is 5.15. The summed E-state index contributed by atoms with van der Waals surface area (Å²) in [7, 11) is 0. The Kier molecular flexibility index (Phi) is 5.11. The maximum absolute atomic E-state index is 13.1. The minimum Gasteiger partial charge on any atom is -0.491 e. The molecule has 4 heterocycles. The second-order valence-electron chi connectivity index (χ2n) is 9.77. The van der Waals surface area contributed by atoms with E-state index < -0.39 is 5.60 Å². The van der Waals surface area contributed by atoms with E-state index in [1.54, 1.807) is 30.5 Å². The van der Waals surface area contributed by atoms with Gasteiger partial charge in [0.2, 0.25) is 0 Å². The Morgan fingerprint density at radius 1 is 1.00 bits per heavy atom. The molecule has 2 aromatic carbocycles. The molecule has 1 fully saturated rings. The Bertz CT molecular complexity index is 1300. The maximum Gasteiger partial charge on any atom is 0.261 e. The van der Waals surface area contributed by atoms with Crippen LogP contribution in [-0.4, -0.2) is 47.6 Å². The van der Waals surface area contributed by atoms with Crippen LogP contribution in [0.1, 0.15) is 46.5 Å². The lowest BCUT2D eigenvalue weighted by atomic mass is 9.85. The molecule has 0 bridgehead atoms. The summed E-state index contributed by atoms with van der Waals surface area (Å²) in [4.78, 5) is 32.1. The molecular formula is C28H26N2O5. The number of carbonyl (C=O) groups excluding carboxylic acids is 2. The van der Waals surface area contributed by atoms with Gasteiger partial charge < -0.3 is 14.2 Å². The van der Waals surface area contributed by atoms with Crippen LogP contribution in [0.4, 0.5) is 0 Å². The zero-order valence-electron chi connectivity index (χ0n) is 19.7. The van der Waals surface area contributed by atoms with Gasteiger partial charge >= 0.3 is 0 Å². The number of amides is 2. The number of aromatic nitrogens is 1. The van der Waals surface area contributed by atoms with Crippen molar-refractivity contribution < 1.29 is 23.8 Å². The number of hydrogen-bond donors (Lipinski definition) is 0. The number of ether oxygens (including phenoxy) is 3. The summed E-state index contributed by atoms with van der Waals surface area (Å²) in [5, 5.41) is 0. The average molecular weight is 471 g/mol. The van der Waals surface area contributed by atoms with E-state index in [-0.39, 0.29) is 30.4 Å². The zero-order valence-corrected chi connectivity index (χ0v) is 19.7. The van der Waals surface area contributed by atoms with Crippen molar-refractivity contribution in [3.05, 3.63) is 77.5 Å². The summed E-state index contributed by atoms with van der Waals surface area (Å²) >= 11 is 0. The van der Waals surface area contributed by atoms with Gasteiger partial charge in [0, 0.05) is 23.4 Å². The van der Waals surface area contributed by atoms with Gasteiger partial charge in [-0.25, -0.2) is 0 Å². The summed E-state index contributed by atoms with van der Waals surface area (Å²) in [6, 6.07) is 16.2. The summed E-state index contributed by atoms with van der Waals surface area (Å²) in [6.07, 6.45) is 2.43. The lowest BCUT2D eigenvalue weighted by Gasteiger charge is -2.45. The highest BCUT2D eigenvalue weighted by molar-refractivity contribution is 6.21. The number of rotatable bonds is 6. The molecule has 6 rings (SSSR count). The zero-order chi connectivity index (χ0) is 24.2. The third-order valence-corrected chi connectivity index (χ3v) is 6.86. The smallest absolute Gasteiger partial charge is 0.261 e. The van der Waals surface area contributed by atoms with Gasteiger partial charge in [-0.1, -0.05) is 32.0 Å². The molecule has 3 aliphatic rings. The van der Waals surface area contributed by atoms with E-state index in [1.165, 1.54) is 4.90 Å². The van der Waals surface area contributed by atoms with Gasteiger partial charge in [0.15, 0.2) is 5.60 Å². The van der Waals surface area contributed by atoms with Crippen LogP contribution < -0.4 is 9.47 Å². The standard InChI is InChI=1S/C28H26N2O5/c1-17(2)12-18(30-26(31)20-6-3-4-7-21(20)27(30)32)14-34-19-9-10-22-24(13-19)35-28(15-33-16-28)23-8-5-11-29-25(22)23/h3-11,13,17-18H,12,14-16H2,1-2H3. The van der Waals surface area contributed by atoms with Gasteiger partial charge in [0.25, 0.3) is 11.8 Å². The highest BCUT2D eigenvalue weighted by Crippen LogP contribution is 2.48. The number of nitrogens with zero attached hydrogens (tertiary/aromatic N) is 2. The largest absolute Gasteiger partial charge is 0.491 e. The van der Waals surface area contributed by atoms with E-state index in [4.69, 9.17) is 14.2 Å². The summed E-state index contributed by atoms with van der Waals surface area (Å²) in [6.45, 7) is 5.30. The van der Waals surface area contributed by atoms with Gasteiger partial charge in [0.1, 0.15) is 18.1 Å². The molecule has 0 radical (unpaired) electrons. The highest BCUT2D eigenvalue weighted by Gasteiger charge is 2.48. The third kappa shape index (κ3) is 3.49. The fourth-order valence-corrected chi connectivity index (χ4v) is 5.15. The first-order chi connectivity index (χ1) is 17.0. The molecule has 1 atom stereocenters. The van der Waals surface area contributed by atoms with Gasteiger partial charge in [0.05, 0.1) is 36.1 Å². The molecule has 1 spiro atoms. The van der Waals surface area contributed by atoms with Crippen molar-refractivity contribution >= 4 is 11.8 Å². The molecule has 3 aliphatic heterocycles. The van der Waals surface area contributed by atoms with E-state index in [0.717, 1.165) is 16.8 Å². The van der Waals surface area contributed by atoms with Crippen LogP contribution >= 0.6 is 0 Å². The van der Waals surface area contributed by atoms with Gasteiger partial charge in [-0.2, -0.15) is 0 Å². The van der Waals surface area contributed by atoms with Crippen molar-refractivity contribution in [2.24, 2.45) is 5.92 Å². The van der Waals surface area contributed by atoms with E-state index in [9.17, 15) is 9.59 Å². The Morgan fingerprint density at radius 3 is 2.40 bits per heavy atom. The van der Waals surface area contributed by atoms with Crippen molar-refractivity contribution in [3.8, 4) is 22.8 Å². The van der Waals surface area contributed by atoms with Crippen LogP contribution in [0.15, 0.2) is 60.8 Å². The monoisotopic (exact) mass is 470 g/mol. The molecule has 7 heteroatoms. The Hall–Kier alpha value is -3.71. The number of fused-ring (bicyclic) bond motifs is 5. The van der Waals surface area contributed by atoms with Crippen LogP contribution in [0.3, 0.4) is 0 Å². The lowest BCUT2D eigenvalue weighted by molar-refractivity contribution is -0.169. The third-order valence-electron chi connectivity index (χ3n) is 6.86. The number of hydrogen-bond acceptors (Lipinski definition) is 6. The predicted molar refractivity (Wildman–Crippen MR) is 128 cm³/mol. The molecule has 2 amide bonds. The first-order valence-electron chi connectivity index (χ1n) is 11.9. The van der Waals surface area contributed by atoms with Crippen LogP contribution in [-0.2, 0) is 10.3 Å². The SMILES string of the molecule is CC(C)CC(COc1ccc2c(c1)OC1(COC1)c1cccnc1-2)N1C(=O)c2ccccc2C1=O. The van der Waals surface area contributed by atoms with E-state index >= 15 is 0 Å². The Labute approximate surface area is 203 Å². The molecule has 1 saturated heterocycles. The molecule has 0 aliphatic carbocycles. The number of carbonyl (C=O) groups is 2. The normalized spacial score (nSPS) is 18.0. The summed E-state index contributed by atoms with van der Waals surface area (Å²) in [5.74, 6) is 1.06. The van der Waals surface area contributed by atoms with Gasteiger partial charge in [-0.05, 0) is 42.7 Å². The fraction of sp³-hybridized carbons (Fsp3) is 0.321. The second kappa shape index (κ2) is 8.20. The van der Waals surface area contributed by atoms with E-state index in [1.807, 2.05) is 30.3 Å². The molecule has 7 nitrogen and oxygen atoms in total. The predicted octanol–water partition coefficient (Wildman–Crippen LogP) is 4.46. The van der Waals surface area contributed by atoms with Crippen LogP contribution in [0.25, 0.3) is 11.3 Å². The minimum absolute atomic E-state index is 0.200. The average Bonchev–Trinajstić information content (AvgIpc) is 3.10. The van der Waals surface area contributed by atoms with Crippen molar-refractivity contribution in [1.82, 2.24) is 9.88 Å². The van der Waals surface area contributed by atoms with Crippen molar-refractivity contribution in [2.45, 2.75) is 31.9 Å². The molecule has 0 N–H and O–H groups in total. The van der Waals surface area contributed by atoms with E-state index in [0.29, 0.717) is 42.3 Å². The quantitative estimate of drug-likeness (QED) is 0.495. The maximum atomic E-state index is 13.1. The number of imide groups is 1. The summed E-state index contributed by atoms with van der Waals surface area (Å²) < 4.78 is 18.1.